The molecule has 7 nitrogen and oxygen atoms in total. The second-order valence-electron chi connectivity index (χ2n) is 7.28. The highest BCUT2D eigenvalue weighted by atomic mass is 32.1. The summed E-state index contributed by atoms with van der Waals surface area (Å²) in [6, 6.07) is 21.2. The van der Waals surface area contributed by atoms with Gasteiger partial charge in [0.05, 0.1) is 22.0 Å². The lowest BCUT2D eigenvalue weighted by Gasteiger charge is -2.06. The smallest absolute Gasteiger partial charge is 0.276 e. The summed E-state index contributed by atoms with van der Waals surface area (Å²) in [7, 11) is 1.93. The van der Waals surface area contributed by atoms with E-state index < -0.39 is 0 Å². The van der Waals surface area contributed by atoms with Crippen LogP contribution >= 0.6 is 11.3 Å². The first-order valence-corrected chi connectivity index (χ1v) is 10.9. The summed E-state index contributed by atoms with van der Waals surface area (Å²) in [5.74, 6) is 0.546. The first-order chi connectivity index (χ1) is 15.6. The average molecular weight is 441 g/mol. The minimum Gasteiger partial charge on any atom is -0.333 e. The van der Waals surface area contributed by atoms with Crippen molar-refractivity contribution >= 4 is 22.4 Å². The summed E-state index contributed by atoms with van der Waals surface area (Å²) in [6.07, 6.45) is 3.63. The number of hydrogen-bond donors (Lipinski definition) is 1. The quantitative estimate of drug-likeness (QED) is 0.419. The lowest BCUT2D eigenvalue weighted by molar-refractivity contribution is 0.101. The van der Waals surface area contributed by atoms with Crippen molar-refractivity contribution in [1.29, 1.82) is 0 Å². The maximum Gasteiger partial charge on any atom is 0.276 e. The molecule has 5 rings (SSSR count). The Labute approximate surface area is 189 Å². The summed E-state index contributed by atoms with van der Waals surface area (Å²) >= 11 is 1.40. The van der Waals surface area contributed by atoms with Crippen LogP contribution in [-0.2, 0) is 7.05 Å². The summed E-state index contributed by atoms with van der Waals surface area (Å²) in [5, 5.41) is 8.18. The zero-order chi connectivity index (χ0) is 22.1. The number of para-hydroxylation sites is 1. The third kappa shape index (κ3) is 3.72. The molecule has 0 spiro atoms. The Kier molecular flexibility index (Phi) is 5.12. The molecule has 0 radical (unpaired) electrons. The van der Waals surface area contributed by atoms with Gasteiger partial charge < -0.3 is 4.57 Å². The number of anilines is 1. The van der Waals surface area contributed by atoms with Crippen LogP contribution in [-0.4, -0.2) is 30.2 Å². The van der Waals surface area contributed by atoms with Crippen LogP contribution in [0.1, 0.15) is 16.2 Å². The van der Waals surface area contributed by atoms with Crippen molar-refractivity contribution in [3.8, 4) is 27.6 Å². The number of amides is 1. The predicted molar refractivity (Wildman–Crippen MR) is 126 cm³/mol. The van der Waals surface area contributed by atoms with E-state index in [2.05, 4.69) is 15.3 Å². The highest BCUT2D eigenvalue weighted by molar-refractivity contribution is 7.19. The molecule has 1 N–H and O–H groups in total. The monoisotopic (exact) mass is 440 g/mol. The molecule has 0 aliphatic carbocycles. The fourth-order valence-electron chi connectivity index (χ4n) is 3.46. The molecule has 1 amide bonds. The second-order valence-corrected chi connectivity index (χ2v) is 8.28. The van der Waals surface area contributed by atoms with Crippen LogP contribution in [0.5, 0.6) is 0 Å². The highest BCUT2D eigenvalue weighted by Gasteiger charge is 2.20. The van der Waals surface area contributed by atoms with Gasteiger partial charge in [0.2, 0.25) is 0 Å². The molecule has 8 heteroatoms. The molecular weight excluding hydrogens is 420 g/mol. The predicted octanol–water partition coefficient (Wildman–Crippen LogP) is 4.96. The number of imidazole rings is 1. The molecule has 2 aromatic carbocycles. The number of benzene rings is 2. The molecule has 0 aliphatic rings. The van der Waals surface area contributed by atoms with Crippen molar-refractivity contribution in [3.05, 3.63) is 90.5 Å². The Balaban J connectivity index is 1.51. The van der Waals surface area contributed by atoms with E-state index in [1.54, 1.807) is 16.9 Å². The van der Waals surface area contributed by atoms with E-state index in [-0.39, 0.29) is 5.91 Å². The van der Waals surface area contributed by atoms with Crippen LogP contribution in [0, 0.1) is 6.92 Å². The third-order valence-electron chi connectivity index (χ3n) is 5.05. The van der Waals surface area contributed by atoms with Crippen molar-refractivity contribution in [1.82, 2.24) is 24.3 Å². The first-order valence-electron chi connectivity index (χ1n) is 10.1. The second kappa shape index (κ2) is 8.24. The molecule has 0 unspecified atom stereocenters. The van der Waals surface area contributed by atoms with Gasteiger partial charge in [-0.2, -0.15) is 5.10 Å². The van der Waals surface area contributed by atoms with Crippen LogP contribution in [0.2, 0.25) is 0 Å². The number of carbonyl (C=O) groups excluding carboxylic acids is 1. The van der Waals surface area contributed by atoms with E-state index in [4.69, 9.17) is 5.10 Å². The van der Waals surface area contributed by atoms with Gasteiger partial charge in [-0.3, -0.25) is 10.1 Å². The van der Waals surface area contributed by atoms with E-state index in [0.29, 0.717) is 10.8 Å². The molecule has 0 aliphatic heterocycles. The molecule has 3 aromatic heterocycles. The van der Waals surface area contributed by atoms with E-state index in [1.165, 1.54) is 11.3 Å². The Hall–Kier alpha value is -4.04. The van der Waals surface area contributed by atoms with Gasteiger partial charge in [0, 0.05) is 25.0 Å². The van der Waals surface area contributed by atoms with Crippen LogP contribution in [0.15, 0.2) is 79.1 Å². The van der Waals surface area contributed by atoms with Gasteiger partial charge in [-0.1, -0.05) is 59.9 Å². The molecular formula is C24H20N6OS. The fourth-order valence-corrected chi connectivity index (χ4v) is 4.46. The average Bonchev–Trinajstić information content (AvgIpc) is 3.53. The molecule has 0 saturated carbocycles. The van der Waals surface area contributed by atoms with Crippen molar-refractivity contribution in [2.75, 3.05) is 5.32 Å². The SMILES string of the molecule is Cc1nc(NC(=O)c2cc(-c3ccccc3)nn2-c2ccccc2)sc1-c1nccn1C. The third-order valence-corrected chi connectivity index (χ3v) is 6.12. The number of hydrogen-bond acceptors (Lipinski definition) is 5. The normalized spacial score (nSPS) is 10.9. The van der Waals surface area contributed by atoms with Crippen LogP contribution in [0.25, 0.3) is 27.6 Å². The van der Waals surface area contributed by atoms with Crippen molar-refractivity contribution in [3.63, 3.8) is 0 Å². The lowest BCUT2D eigenvalue weighted by Crippen LogP contribution is -2.16. The number of nitrogens with one attached hydrogen (secondary N) is 1. The van der Waals surface area contributed by atoms with Crippen molar-refractivity contribution in [2.24, 2.45) is 7.05 Å². The molecule has 158 valence electrons. The maximum absolute atomic E-state index is 13.3. The number of aryl methyl sites for hydroxylation is 2. The minimum atomic E-state index is -0.274. The largest absolute Gasteiger partial charge is 0.333 e. The Morgan fingerprint density at radius 1 is 1.03 bits per heavy atom. The molecule has 0 atom stereocenters. The number of carbonyl (C=O) groups is 1. The first kappa shape index (κ1) is 19.9. The molecule has 0 fully saturated rings. The maximum atomic E-state index is 13.3. The lowest BCUT2D eigenvalue weighted by atomic mass is 10.1. The highest BCUT2D eigenvalue weighted by Crippen LogP contribution is 2.32. The topological polar surface area (TPSA) is 77.6 Å². The summed E-state index contributed by atoms with van der Waals surface area (Å²) < 4.78 is 3.60. The minimum absolute atomic E-state index is 0.274. The zero-order valence-corrected chi connectivity index (χ0v) is 18.4. The molecule has 0 bridgehead atoms. The number of thiazole rings is 1. The van der Waals surface area contributed by atoms with E-state index >= 15 is 0 Å². The Bertz CT molecular complexity index is 1380. The number of rotatable bonds is 5. The summed E-state index contributed by atoms with van der Waals surface area (Å²) in [6.45, 7) is 1.91. The standard InChI is InChI=1S/C24H20N6OS/c1-16-21(22-25-13-14-29(22)2)32-24(26-16)27-23(31)20-15-19(17-9-5-3-6-10-17)28-30(20)18-11-7-4-8-12-18/h3-15H,1-2H3,(H,26,27,31). The van der Waals surface area contributed by atoms with Crippen LogP contribution in [0.4, 0.5) is 5.13 Å². The Morgan fingerprint density at radius 2 is 1.75 bits per heavy atom. The number of nitrogens with zero attached hydrogens (tertiary/aromatic N) is 5. The Morgan fingerprint density at radius 3 is 2.44 bits per heavy atom. The van der Waals surface area contributed by atoms with Gasteiger partial charge in [-0.25, -0.2) is 14.6 Å². The van der Waals surface area contributed by atoms with Gasteiger partial charge in [-0.15, -0.1) is 0 Å². The van der Waals surface area contributed by atoms with E-state index in [9.17, 15) is 4.79 Å². The van der Waals surface area contributed by atoms with Gasteiger partial charge >= 0.3 is 0 Å². The number of aromatic nitrogens is 5. The van der Waals surface area contributed by atoms with E-state index in [0.717, 1.165) is 33.3 Å². The summed E-state index contributed by atoms with van der Waals surface area (Å²) in [4.78, 5) is 23.2. The van der Waals surface area contributed by atoms with E-state index in [1.807, 2.05) is 85.4 Å². The van der Waals surface area contributed by atoms with Gasteiger partial charge in [-0.05, 0) is 25.1 Å². The van der Waals surface area contributed by atoms with Gasteiger partial charge in [0.15, 0.2) is 11.0 Å². The van der Waals surface area contributed by atoms with Crippen LogP contribution < -0.4 is 5.32 Å². The molecule has 5 aromatic rings. The summed E-state index contributed by atoms with van der Waals surface area (Å²) in [5.41, 5.74) is 3.73. The zero-order valence-electron chi connectivity index (χ0n) is 17.6. The van der Waals surface area contributed by atoms with Crippen molar-refractivity contribution < 1.29 is 4.79 Å². The molecule has 3 heterocycles. The molecule has 32 heavy (non-hydrogen) atoms. The van der Waals surface area contributed by atoms with Gasteiger partial charge in [0.25, 0.3) is 5.91 Å². The fraction of sp³-hybridized carbons (Fsp3) is 0.0833. The molecule has 0 saturated heterocycles. The van der Waals surface area contributed by atoms with Gasteiger partial charge in [0.1, 0.15) is 5.69 Å². The van der Waals surface area contributed by atoms with Crippen LogP contribution in [0.3, 0.4) is 0 Å². The van der Waals surface area contributed by atoms with Crippen molar-refractivity contribution in [2.45, 2.75) is 6.92 Å².